The van der Waals surface area contributed by atoms with Crippen LogP contribution in [0.25, 0.3) is 89.2 Å². The van der Waals surface area contributed by atoms with Crippen molar-refractivity contribution in [2.45, 2.75) is 5.41 Å². The van der Waals surface area contributed by atoms with Gasteiger partial charge in [-0.1, -0.05) is 200 Å². The van der Waals surface area contributed by atoms with E-state index in [1.54, 1.807) is 0 Å². The van der Waals surface area contributed by atoms with Crippen LogP contribution in [-0.2, 0) is 5.41 Å². The Morgan fingerprint density at radius 3 is 1.50 bits per heavy atom. The quantitative estimate of drug-likeness (QED) is 0.161. The molecule has 0 saturated heterocycles. The molecular weight excluding hydrogens is 753 g/mol. The number of furan rings is 1. The van der Waals surface area contributed by atoms with Crippen LogP contribution in [0.4, 0.5) is 0 Å². The molecule has 3 nitrogen and oxygen atoms in total. The van der Waals surface area contributed by atoms with Crippen molar-refractivity contribution < 1.29 is 4.42 Å². The first kappa shape index (κ1) is 35.8. The van der Waals surface area contributed by atoms with E-state index in [0.29, 0.717) is 5.82 Å². The topological polar surface area (TPSA) is 38.9 Å². The van der Waals surface area contributed by atoms with Gasteiger partial charge in [0.05, 0.1) is 16.8 Å². The van der Waals surface area contributed by atoms with E-state index in [2.05, 4.69) is 200 Å². The van der Waals surface area contributed by atoms with Crippen LogP contribution in [0.2, 0.25) is 0 Å². The lowest BCUT2D eigenvalue weighted by atomic mass is 9.67. The maximum Gasteiger partial charge on any atom is 0.160 e. The first-order valence-corrected chi connectivity index (χ1v) is 21.1. The molecule has 0 unspecified atom stereocenters. The molecule has 0 fully saturated rings. The lowest BCUT2D eigenvalue weighted by molar-refractivity contribution is 0.669. The van der Waals surface area contributed by atoms with Gasteiger partial charge < -0.3 is 4.42 Å². The third-order valence-electron chi connectivity index (χ3n) is 12.6. The van der Waals surface area contributed by atoms with Gasteiger partial charge in [0.25, 0.3) is 0 Å². The van der Waals surface area contributed by atoms with Crippen molar-refractivity contribution >= 4 is 21.9 Å². The Bertz CT molecular complexity index is 3390. The molecule has 0 N–H and O–H groups in total. The summed E-state index contributed by atoms with van der Waals surface area (Å²) < 4.78 is 6.18. The molecule has 0 saturated carbocycles. The molecule has 12 rings (SSSR count). The summed E-state index contributed by atoms with van der Waals surface area (Å²) >= 11 is 0. The van der Waals surface area contributed by atoms with Gasteiger partial charge in [0, 0.05) is 27.5 Å². The molecule has 2 heterocycles. The molecule has 1 aliphatic carbocycles. The highest BCUT2D eigenvalue weighted by atomic mass is 16.3. The summed E-state index contributed by atoms with van der Waals surface area (Å²) in [6.07, 6.45) is 0. The number of aromatic nitrogens is 2. The monoisotopic (exact) mass is 790 g/mol. The highest BCUT2D eigenvalue weighted by molar-refractivity contribution is 6.06. The van der Waals surface area contributed by atoms with Crippen molar-refractivity contribution in [3.05, 3.63) is 253 Å². The second-order valence-corrected chi connectivity index (χ2v) is 16.1. The van der Waals surface area contributed by atoms with Crippen LogP contribution in [0.3, 0.4) is 0 Å². The molecule has 62 heavy (non-hydrogen) atoms. The van der Waals surface area contributed by atoms with Crippen LogP contribution >= 0.6 is 0 Å². The molecule has 0 bridgehead atoms. The summed E-state index contributed by atoms with van der Waals surface area (Å²) in [5, 5.41) is 2.28. The number of benzene rings is 9. The van der Waals surface area contributed by atoms with Gasteiger partial charge >= 0.3 is 0 Å². The Labute approximate surface area is 360 Å². The minimum absolute atomic E-state index is 0.501. The molecule has 0 amide bonds. The lowest BCUT2D eigenvalue weighted by Crippen LogP contribution is -2.28. The van der Waals surface area contributed by atoms with Crippen molar-refractivity contribution in [2.24, 2.45) is 0 Å². The Hall–Kier alpha value is -8.14. The maximum atomic E-state index is 6.18. The number of hydrogen-bond acceptors (Lipinski definition) is 3. The van der Waals surface area contributed by atoms with E-state index in [1.165, 1.54) is 33.4 Å². The van der Waals surface area contributed by atoms with E-state index in [-0.39, 0.29) is 0 Å². The fraction of sp³-hybridized carbons (Fsp3) is 0.0169. The highest BCUT2D eigenvalue weighted by Crippen LogP contribution is 2.56. The van der Waals surface area contributed by atoms with Crippen LogP contribution in [-0.4, -0.2) is 9.97 Å². The average Bonchev–Trinajstić information content (AvgIpc) is 3.88. The predicted octanol–water partition coefficient (Wildman–Crippen LogP) is 15.1. The molecule has 2 aromatic heterocycles. The molecular formula is C59H38N2O. The molecule has 0 atom stereocenters. The van der Waals surface area contributed by atoms with Crippen molar-refractivity contribution in [1.29, 1.82) is 0 Å². The largest absolute Gasteiger partial charge is 0.456 e. The SMILES string of the molecule is c1ccc(-c2nc(-c3ccc(-c4ccc(-c5ccc6c(c5)oc5ccccc56)cc4)cc3)cc(-c3ccc4c(c3)C(c3ccccc3)(c3ccccc3)c3ccccc3-4)n2)cc1. The van der Waals surface area contributed by atoms with Gasteiger partial charge in [-0.2, -0.15) is 0 Å². The second-order valence-electron chi connectivity index (χ2n) is 16.1. The van der Waals surface area contributed by atoms with Crippen LogP contribution in [0.1, 0.15) is 22.3 Å². The molecule has 0 aliphatic heterocycles. The molecule has 0 radical (unpaired) electrons. The summed E-state index contributed by atoms with van der Waals surface area (Å²) in [6.45, 7) is 0. The Morgan fingerprint density at radius 2 is 0.806 bits per heavy atom. The van der Waals surface area contributed by atoms with E-state index in [0.717, 1.165) is 72.3 Å². The second kappa shape index (κ2) is 14.5. The van der Waals surface area contributed by atoms with E-state index >= 15 is 0 Å². The zero-order valence-electron chi connectivity index (χ0n) is 33.7. The zero-order chi connectivity index (χ0) is 41.0. The summed E-state index contributed by atoms with van der Waals surface area (Å²) in [5.74, 6) is 0.694. The van der Waals surface area contributed by atoms with Gasteiger partial charge in [0.2, 0.25) is 0 Å². The molecule has 11 aromatic rings. The van der Waals surface area contributed by atoms with Crippen LogP contribution in [0.5, 0.6) is 0 Å². The summed E-state index contributed by atoms with van der Waals surface area (Å²) in [7, 11) is 0. The third-order valence-corrected chi connectivity index (χ3v) is 12.6. The standard InChI is InChI=1S/C59H38N2O/c1-4-14-43(15-5-1)58-60-54(42-30-28-40(29-31-42)39-24-26-41(27-25-39)44-32-35-51-50-21-11-13-23-56(50)62-57(51)37-44)38-55(61-58)45-33-34-49-48-20-10-12-22-52(48)59(53(49)36-45,46-16-6-2-7-17-46)47-18-8-3-9-19-47/h1-38H. The van der Waals surface area contributed by atoms with Gasteiger partial charge in [0.1, 0.15) is 11.2 Å². The first-order chi connectivity index (χ1) is 30.7. The van der Waals surface area contributed by atoms with E-state index in [4.69, 9.17) is 14.4 Å². The normalized spacial score (nSPS) is 12.6. The van der Waals surface area contributed by atoms with Gasteiger partial charge in [-0.05, 0) is 86.0 Å². The van der Waals surface area contributed by atoms with E-state index in [9.17, 15) is 0 Å². The van der Waals surface area contributed by atoms with Crippen molar-refractivity contribution in [2.75, 3.05) is 0 Å². The lowest BCUT2D eigenvalue weighted by Gasteiger charge is -2.34. The minimum atomic E-state index is -0.501. The Balaban J connectivity index is 0.930. The minimum Gasteiger partial charge on any atom is -0.456 e. The van der Waals surface area contributed by atoms with Crippen molar-refractivity contribution in [3.8, 4) is 67.3 Å². The van der Waals surface area contributed by atoms with Crippen LogP contribution in [0, 0.1) is 0 Å². The number of fused-ring (bicyclic) bond motifs is 6. The summed E-state index contributed by atoms with van der Waals surface area (Å²) in [5.41, 5.74) is 18.2. The summed E-state index contributed by atoms with van der Waals surface area (Å²) in [6, 6.07) is 82.3. The Morgan fingerprint density at radius 1 is 0.306 bits per heavy atom. The van der Waals surface area contributed by atoms with Crippen LogP contribution < -0.4 is 0 Å². The molecule has 290 valence electrons. The number of nitrogens with zero attached hydrogens (tertiary/aromatic N) is 2. The molecule has 1 aliphatic rings. The number of rotatable bonds is 7. The van der Waals surface area contributed by atoms with E-state index in [1.807, 2.05) is 30.3 Å². The van der Waals surface area contributed by atoms with Gasteiger partial charge in [-0.3, -0.25) is 0 Å². The van der Waals surface area contributed by atoms with Gasteiger partial charge in [-0.25, -0.2) is 9.97 Å². The molecule has 0 spiro atoms. The number of para-hydroxylation sites is 1. The van der Waals surface area contributed by atoms with Gasteiger partial charge in [-0.15, -0.1) is 0 Å². The van der Waals surface area contributed by atoms with Gasteiger partial charge in [0.15, 0.2) is 5.82 Å². The fourth-order valence-electron chi connectivity index (χ4n) is 9.66. The smallest absolute Gasteiger partial charge is 0.160 e. The van der Waals surface area contributed by atoms with Crippen molar-refractivity contribution in [1.82, 2.24) is 9.97 Å². The average molecular weight is 791 g/mol. The summed E-state index contributed by atoms with van der Waals surface area (Å²) in [4.78, 5) is 10.5. The zero-order valence-corrected chi connectivity index (χ0v) is 33.7. The van der Waals surface area contributed by atoms with Crippen LogP contribution in [0.15, 0.2) is 235 Å². The maximum absolute atomic E-state index is 6.18. The molecule has 3 heteroatoms. The highest BCUT2D eigenvalue weighted by Gasteiger charge is 2.46. The number of hydrogen-bond donors (Lipinski definition) is 0. The Kier molecular flexibility index (Phi) is 8.39. The predicted molar refractivity (Wildman–Crippen MR) is 254 cm³/mol. The third kappa shape index (κ3) is 5.82. The fourth-order valence-corrected chi connectivity index (χ4v) is 9.66. The first-order valence-electron chi connectivity index (χ1n) is 21.1. The molecule has 9 aromatic carbocycles. The van der Waals surface area contributed by atoms with E-state index < -0.39 is 5.41 Å². The van der Waals surface area contributed by atoms with Crippen molar-refractivity contribution in [3.63, 3.8) is 0 Å².